The molecule has 0 radical (unpaired) electrons. The lowest BCUT2D eigenvalue weighted by Gasteiger charge is -2.23. The van der Waals surface area contributed by atoms with E-state index >= 15 is 0 Å². The van der Waals surface area contributed by atoms with Crippen LogP contribution in [0.2, 0.25) is 0 Å². The molecule has 0 amide bonds. The Bertz CT molecular complexity index is 967. The zero-order valence-corrected chi connectivity index (χ0v) is 15.6. The van der Waals surface area contributed by atoms with E-state index in [2.05, 4.69) is 36.4 Å². The Hall–Kier alpha value is -2.88. The minimum atomic E-state index is -1.27. The standard InChI is InChI=1S/C23H22O4/c1-3-26-21(24)23(22(25)27-4-2)13-19-11-17-9-15-7-5-6-8-16(15)10-18(17)12-20(19)14-23/h5-12H,3-4,13-14H2,1-2H3. The number of carbonyl (C=O) groups excluding carboxylic acids is 2. The van der Waals surface area contributed by atoms with Crippen LogP contribution in [-0.2, 0) is 31.9 Å². The largest absolute Gasteiger partial charge is 0.465 e. The van der Waals surface area contributed by atoms with E-state index < -0.39 is 17.4 Å². The summed E-state index contributed by atoms with van der Waals surface area (Å²) in [7, 11) is 0. The van der Waals surface area contributed by atoms with Crippen molar-refractivity contribution in [3.05, 3.63) is 59.7 Å². The van der Waals surface area contributed by atoms with Gasteiger partial charge >= 0.3 is 11.9 Å². The summed E-state index contributed by atoms with van der Waals surface area (Å²) in [5.74, 6) is -0.984. The van der Waals surface area contributed by atoms with Crippen molar-refractivity contribution in [2.24, 2.45) is 5.41 Å². The second kappa shape index (κ2) is 6.69. The number of hydrogen-bond donors (Lipinski definition) is 0. The fourth-order valence-corrected chi connectivity index (χ4v) is 4.04. The minimum Gasteiger partial charge on any atom is -0.465 e. The Morgan fingerprint density at radius 3 is 1.63 bits per heavy atom. The summed E-state index contributed by atoms with van der Waals surface area (Å²) in [6, 6.07) is 16.7. The quantitative estimate of drug-likeness (QED) is 0.396. The van der Waals surface area contributed by atoms with Crippen molar-refractivity contribution in [3.8, 4) is 0 Å². The normalized spacial score (nSPS) is 14.9. The van der Waals surface area contributed by atoms with E-state index in [4.69, 9.17) is 9.47 Å². The molecular formula is C23H22O4. The number of rotatable bonds is 4. The highest BCUT2D eigenvalue weighted by Crippen LogP contribution is 2.41. The van der Waals surface area contributed by atoms with Gasteiger partial charge in [-0.05, 0) is 71.5 Å². The molecule has 0 bridgehead atoms. The molecule has 27 heavy (non-hydrogen) atoms. The molecule has 4 heteroatoms. The van der Waals surface area contributed by atoms with Gasteiger partial charge in [-0.3, -0.25) is 9.59 Å². The van der Waals surface area contributed by atoms with Gasteiger partial charge in [0.2, 0.25) is 0 Å². The minimum absolute atomic E-state index is 0.240. The van der Waals surface area contributed by atoms with Gasteiger partial charge < -0.3 is 9.47 Å². The first kappa shape index (κ1) is 17.5. The Labute approximate surface area is 158 Å². The Balaban J connectivity index is 1.81. The summed E-state index contributed by atoms with van der Waals surface area (Å²) in [4.78, 5) is 25.4. The summed E-state index contributed by atoms with van der Waals surface area (Å²) in [5, 5.41) is 4.56. The van der Waals surface area contributed by atoms with Gasteiger partial charge in [-0.25, -0.2) is 0 Å². The number of carbonyl (C=O) groups is 2. The molecule has 0 heterocycles. The lowest BCUT2D eigenvalue weighted by molar-refractivity contribution is -0.171. The molecule has 4 rings (SSSR count). The molecule has 0 aromatic heterocycles. The van der Waals surface area contributed by atoms with E-state index in [0.717, 1.165) is 21.9 Å². The van der Waals surface area contributed by atoms with Crippen molar-refractivity contribution in [1.82, 2.24) is 0 Å². The number of ether oxygens (including phenoxy) is 2. The Morgan fingerprint density at radius 2 is 1.22 bits per heavy atom. The maximum Gasteiger partial charge on any atom is 0.324 e. The molecule has 3 aromatic rings. The van der Waals surface area contributed by atoms with Crippen LogP contribution in [0, 0.1) is 5.41 Å². The average Bonchev–Trinajstić information content (AvgIpc) is 3.04. The summed E-state index contributed by atoms with van der Waals surface area (Å²) in [5.41, 5.74) is 0.753. The van der Waals surface area contributed by atoms with Crippen molar-refractivity contribution in [2.45, 2.75) is 26.7 Å². The highest BCUT2D eigenvalue weighted by molar-refractivity contribution is 6.03. The first-order valence-corrected chi connectivity index (χ1v) is 9.36. The third-order valence-electron chi connectivity index (χ3n) is 5.34. The smallest absolute Gasteiger partial charge is 0.324 e. The zero-order valence-electron chi connectivity index (χ0n) is 15.6. The summed E-state index contributed by atoms with van der Waals surface area (Å²) < 4.78 is 10.5. The molecule has 0 unspecified atom stereocenters. The molecule has 4 nitrogen and oxygen atoms in total. The van der Waals surface area contributed by atoms with Crippen LogP contribution in [0.25, 0.3) is 21.5 Å². The number of fused-ring (bicyclic) bond motifs is 3. The third-order valence-corrected chi connectivity index (χ3v) is 5.34. The van der Waals surface area contributed by atoms with Gasteiger partial charge in [0.15, 0.2) is 5.41 Å². The Morgan fingerprint density at radius 1 is 0.778 bits per heavy atom. The van der Waals surface area contributed by atoms with Crippen LogP contribution >= 0.6 is 0 Å². The van der Waals surface area contributed by atoms with E-state index in [9.17, 15) is 9.59 Å². The fourth-order valence-electron chi connectivity index (χ4n) is 4.04. The van der Waals surface area contributed by atoms with E-state index in [0.29, 0.717) is 12.8 Å². The van der Waals surface area contributed by atoms with E-state index in [1.165, 1.54) is 10.8 Å². The highest BCUT2D eigenvalue weighted by Gasteiger charge is 2.53. The maximum atomic E-state index is 12.7. The van der Waals surface area contributed by atoms with Gasteiger partial charge in [-0.15, -0.1) is 0 Å². The zero-order chi connectivity index (χ0) is 19.0. The van der Waals surface area contributed by atoms with Crippen LogP contribution in [0.1, 0.15) is 25.0 Å². The van der Waals surface area contributed by atoms with Gasteiger partial charge in [0.1, 0.15) is 0 Å². The van der Waals surface area contributed by atoms with Gasteiger partial charge in [0.05, 0.1) is 13.2 Å². The molecule has 138 valence electrons. The lowest BCUT2D eigenvalue weighted by atomic mass is 9.84. The van der Waals surface area contributed by atoms with Crippen molar-refractivity contribution in [1.29, 1.82) is 0 Å². The van der Waals surface area contributed by atoms with Crippen LogP contribution in [0.4, 0.5) is 0 Å². The monoisotopic (exact) mass is 362 g/mol. The summed E-state index contributed by atoms with van der Waals surface area (Å²) >= 11 is 0. The molecule has 0 saturated heterocycles. The molecule has 0 fully saturated rings. The lowest BCUT2D eigenvalue weighted by Crippen LogP contribution is -2.43. The fraction of sp³-hybridized carbons (Fsp3) is 0.304. The molecule has 0 atom stereocenters. The number of hydrogen-bond acceptors (Lipinski definition) is 4. The van der Waals surface area contributed by atoms with Crippen molar-refractivity contribution >= 4 is 33.5 Å². The molecule has 0 saturated carbocycles. The van der Waals surface area contributed by atoms with Crippen LogP contribution < -0.4 is 0 Å². The maximum absolute atomic E-state index is 12.7. The average molecular weight is 362 g/mol. The third kappa shape index (κ3) is 2.85. The van der Waals surface area contributed by atoms with Crippen LogP contribution in [0.5, 0.6) is 0 Å². The van der Waals surface area contributed by atoms with Gasteiger partial charge in [0.25, 0.3) is 0 Å². The second-order valence-corrected chi connectivity index (χ2v) is 7.04. The first-order chi connectivity index (χ1) is 13.1. The predicted molar refractivity (Wildman–Crippen MR) is 105 cm³/mol. The molecule has 1 aliphatic carbocycles. The molecular weight excluding hydrogens is 340 g/mol. The molecule has 0 spiro atoms. The topological polar surface area (TPSA) is 52.6 Å². The van der Waals surface area contributed by atoms with Crippen molar-refractivity contribution in [2.75, 3.05) is 13.2 Å². The van der Waals surface area contributed by atoms with Crippen LogP contribution in [-0.4, -0.2) is 25.2 Å². The Kier molecular flexibility index (Phi) is 4.34. The molecule has 0 N–H and O–H groups in total. The van der Waals surface area contributed by atoms with Crippen LogP contribution in [0.15, 0.2) is 48.5 Å². The summed E-state index contributed by atoms with van der Waals surface area (Å²) in [6.45, 7) is 3.98. The van der Waals surface area contributed by atoms with E-state index in [1.54, 1.807) is 13.8 Å². The molecule has 0 aliphatic heterocycles. The number of benzene rings is 3. The number of esters is 2. The van der Waals surface area contributed by atoms with Gasteiger partial charge in [0, 0.05) is 0 Å². The van der Waals surface area contributed by atoms with Gasteiger partial charge in [-0.1, -0.05) is 36.4 Å². The van der Waals surface area contributed by atoms with Gasteiger partial charge in [-0.2, -0.15) is 0 Å². The van der Waals surface area contributed by atoms with Crippen LogP contribution in [0.3, 0.4) is 0 Å². The van der Waals surface area contributed by atoms with Crippen molar-refractivity contribution < 1.29 is 19.1 Å². The molecule has 3 aromatic carbocycles. The van der Waals surface area contributed by atoms with Crippen molar-refractivity contribution in [3.63, 3.8) is 0 Å². The first-order valence-electron chi connectivity index (χ1n) is 9.36. The predicted octanol–water partition coefficient (Wildman–Crippen LogP) is 4.20. The van der Waals surface area contributed by atoms with E-state index in [1.807, 2.05) is 12.1 Å². The molecule has 1 aliphatic rings. The second-order valence-electron chi connectivity index (χ2n) is 7.04. The summed E-state index contributed by atoms with van der Waals surface area (Å²) in [6.07, 6.45) is 0.644. The highest BCUT2D eigenvalue weighted by atomic mass is 16.6. The van der Waals surface area contributed by atoms with E-state index in [-0.39, 0.29) is 13.2 Å². The SMILES string of the molecule is CCOC(=O)C1(C(=O)OCC)Cc2cc3cc4ccccc4cc3cc2C1.